The van der Waals surface area contributed by atoms with E-state index in [1.54, 1.807) is 19.1 Å². The van der Waals surface area contributed by atoms with Crippen molar-refractivity contribution in [1.82, 2.24) is 4.90 Å². The van der Waals surface area contributed by atoms with Gasteiger partial charge >= 0.3 is 16.4 Å². The Kier molecular flexibility index (Phi) is 8.77. The second kappa shape index (κ2) is 11.8. The highest BCUT2D eigenvalue weighted by Crippen LogP contribution is 2.55. The van der Waals surface area contributed by atoms with Crippen LogP contribution in [0, 0.1) is 11.8 Å². The van der Waals surface area contributed by atoms with Crippen LogP contribution in [0.5, 0.6) is 11.5 Å². The molecule has 0 saturated heterocycles. The van der Waals surface area contributed by atoms with Gasteiger partial charge in [0, 0.05) is 11.5 Å². The fraction of sp³-hybridized carbons (Fsp3) is 0.310. The van der Waals surface area contributed by atoms with Crippen molar-refractivity contribution in [3.05, 3.63) is 76.1 Å². The predicted octanol–water partition coefficient (Wildman–Crippen LogP) is 0.0622. The van der Waals surface area contributed by atoms with E-state index >= 15 is 0 Å². The van der Waals surface area contributed by atoms with Gasteiger partial charge in [-0.2, -0.15) is 8.42 Å². The van der Waals surface area contributed by atoms with Crippen molar-refractivity contribution in [2.75, 3.05) is 14.1 Å². The summed E-state index contributed by atoms with van der Waals surface area (Å²) in [5, 5.41) is 63.5. The van der Waals surface area contributed by atoms with E-state index in [0.717, 1.165) is 12.1 Å². The average molecular weight is 663 g/mol. The zero-order valence-electron chi connectivity index (χ0n) is 24.3. The lowest BCUT2D eigenvalue weighted by atomic mass is 9.54. The molecule has 1 saturated carbocycles. The summed E-state index contributed by atoms with van der Waals surface area (Å²) in [6, 6.07) is 8.19. The molecule has 3 aliphatic rings. The molecule has 17 heteroatoms. The Morgan fingerprint density at radius 3 is 2.17 bits per heavy atom. The van der Waals surface area contributed by atoms with Crippen molar-refractivity contribution >= 4 is 39.6 Å². The fourth-order valence-corrected chi connectivity index (χ4v) is 6.78. The van der Waals surface area contributed by atoms with Crippen LogP contribution in [-0.4, -0.2) is 104 Å². The molecule has 3 aliphatic carbocycles. The Balaban J connectivity index is 0.000000288. The molecule has 0 unspecified atom stereocenters. The molecule has 1 fully saturated rings. The number of hydrogen-bond donors (Lipinski definition) is 8. The topological polar surface area (TPSA) is 283 Å². The SMILES string of the molecule is C[C@H]1c2cccc(O)c2C(O)=C2C(=O)[C@]3(O)C(O)=C(C(N)=O)C(=O)[C@@H](N(C)C)[C@H]3[C@@H](O)[C@@H]21.O=C(O)c1ccccc1OS(=O)(=O)O. The lowest BCUT2D eigenvalue weighted by molar-refractivity contribution is -0.169. The number of carbonyl (C=O) groups is 4. The molecular weight excluding hydrogens is 632 g/mol. The van der Waals surface area contributed by atoms with Gasteiger partial charge in [-0.05, 0) is 43.8 Å². The molecule has 16 nitrogen and oxygen atoms in total. The van der Waals surface area contributed by atoms with Gasteiger partial charge in [0.15, 0.2) is 17.1 Å². The molecule has 2 aromatic carbocycles. The van der Waals surface area contributed by atoms with Crippen LogP contribution in [0.15, 0.2) is 59.4 Å². The number of Topliss-reactive ketones (excluding diaryl/α,β-unsaturated/α-hetero) is 2. The fourth-order valence-electron chi connectivity index (χ4n) is 6.41. The number of nitrogens with two attached hydrogens (primary N) is 1. The number of amides is 1. The van der Waals surface area contributed by atoms with E-state index < -0.39 is 97.8 Å². The highest BCUT2D eigenvalue weighted by Gasteiger charge is 2.68. The van der Waals surface area contributed by atoms with Crippen molar-refractivity contribution < 1.29 is 67.0 Å². The third kappa shape index (κ3) is 5.37. The van der Waals surface area contributed by atoms with Gasteiger partial charge < -0.3 is 40.6 Å². The number of carboxylic acid groups (broad SMARTS) is 1. The number of fused-ring (bicyclic) bond motifs is 3. The Morgan fingerprint density at radius 1 is 1.02 bits per heavy atom. The maximum Gasteiger partial charge on any atom is 0.446 e. The number of benzene rings is 2. The zero-order chi connectivity index (χ0) is 34.6. The van der Waals surface area contributed by atoms with Crippen LogP contribution < -0.4 is 9.92 Å². The van der Waals surface area contributed by atoms with Gasteiger partial charge in [-0.3, -0.25) is 23.8 Å². The monoisotopic (exact) mass is 662 g/mol. The minimum absolute atomic E-state index is 0.0245. The number of aliphatic hydroxyl groups excluding tert-OH is 3. The zero-order valence-corrected chi connectivity index (χ0v) is 25.2. The highest BCUT2D eigenvalue weighted by molar-refractivity contribution is 7.81. The molecule has 0 heterocycles. The quantitative estimate of drug-likeness (QED) is 0.155. The number of phenolic OH excluding ortho intramolecular Hbond substituents is 1. The number of hydrogen-bond acceptors (Lipinski definition) is 13. The Labute approximate surface area is 261 Å². The summed E-state index contributed by atoms with van der Waals surface area (Å²) < 4.78 is 33.0. The normalized spacial score (nSPS) is 27.2. The Morgan fingerprint density at radius 2 is 1.63 bits per heavy atom. The van der Waals surface area contributed by atoms with Crippen LogP contribution >= 0.6 is 0 Å². The van der Waals surface area contributed by atoms with Gasteiger partial charge in [-0.1, -0.05) is 31.2 Å². The number of likely N-dealkylation sites (N-methyl/N-ethyl adjacent to an activating group) is 1. The Bertz CT molecular complexity index is 1830. The molecule has 0 aromatic heterocycles. The summed E-state index contributed by atoms with van der Waals surface area (Å²) in [5.41, 5.74) is 1.13. The molecule has 6 atom stereocenters. The first-order valence-electron chi connectivity index (χ1n) is 13.4. The number of aromatic carboxylic acids is 1. The average Bonchev–Trinajstić information content (AvgIpc) is 2.94. The predicted molar refractivity (Wildman–Crippen MR) is 156 cm³/mol. The van der Waals surface area contributed by atoms with Crippen molar-refractivity contribution in [2.24, 2.45) is 17.6 Å². The van der Waals surface area contributed by atoms with Crippen LogP contribution in [-0.2, 0) is 24.8 Å². The number of carbonyl (C=O) groups excluding carboxylic acids is 3. The van der Waals surface area contributed by atoms with Crippen LogP contribution in [0.3, 0.4) is 0 Å². The van der Waals surface area contributed by atoms with Crippen LogP contribution in [0.25, 0.3) is 5.76 Å². The molecule has 0 bridgehead atoms. The van der Waals surface area contributed by atoms with Crippen molar-refractivity contribution in [1.29, 1.82) is 0 Å². The van der Waals surface area contributed by atoms with Gasteiger partial charge in [0.2, 0.25) is 5.78 Å². The second-order valence-corrected chi connectivity index (χ2v) is 12.1. The molecule has 0 aliphatic heterocycles. The molecule has 0 spiro atoms. The van der Waals surface area contributed by atoms with Gasteiger partial charge in [0.25, 0.3) is 5.91 Å². The lowest BCUT2D eigenvalue weighted by Crippen LogP contribution is -2.70. The molecule has 46 heavy (non-hydrogen) atoms. The first kappa shape index (κ1) is 34.1. The summed E-state index contributed by atoms with van der Waals surface area (Å²) >= 11 is 0. The molecule has 0 radical (unpaired) electrons. The van der Waals surface area contributed by atoms with E-state index in [1.165, 1.54) is 37.2 Å². The molecule has 246 valence electrons. The second-order valence-electron chi connectivity index (χ2n) is 11.1. The van der Waals surface area contributed by atoms with Crippen LogP contribution in [0.4, 0.5) is 0 Å². The number of aromatic hydroxyl groups is 1. The summed E-state index contributed by atoms with van der Waals surface area (Å²) in [5.74, 6) is -10.6. The van der Waals surface area contributed by atoms with E-state index in [2.05, 4.69) is 4.18 Å². The summed E-state index contributed by atoms with van der Waals surface area (Å²) in [4.78, 5) is 50.5. The number of phenols is 1. The lowest BCUT2D eigenvalue weighted by Gasteiger charge is -2.53. The van der Waals surface area contributed by atoms with Crippen molar-refractivity contribution in [2.45, 2.75) is 30.6 Å². The van der Waals surface area contributed by atoms with E-state index in [9.17, 15) is 53.1 Å². The van der Waals surface area contributed by atoms with E-state index in [-0.39, 0.29) is 16.9 Å². The highest BCUT2D eigenvalue weighted by atomic mass is 32.3. The first-order chi connectivity index (χ1) is 21.3. The molecule has 2 aromatic rings. The smallest absolute Gasteiger partial charge is 0.446 e. The number of nitrogens with zero attached hydrogens (tertiary/aromatic N) is 1. The number of carboxylic acids is 1. The van der Waals surface area contributed by atoms with Gasteiger partial charge in [-0.15, -0.1) is 0 Å². The maximum absolute atomic E-state index is 13.7. The number of aliphatic hydroxyl groups is 4. The van der Waals surface area contributed by atoms with Gasteiger partial charge in [0.05, 0.1) is 23.6 Å². The van der Waals surface area contributed by atoms with E-state index in [0.29, 0.717) is 5.56 Å². The number of primary amides is 1. The summed E-state index contributed by atoms with van der Waals surface area (Å²) in [6.07, 6.45) is -1.59. The molecular formula is C29H30N2O14S. The van der Waals surface area contributed by atoms with E-state index in [1.807, 2.05) is 0 Å². The van der Waals surface area contributed by atoms with E-state index in [4.69, 9.17) is 15.4 Å². The first-order valence-corrected chi connectivity index (χ1v) is 14.8. The van der Waals surface area contributed by atoms with Crippen LogP contribution in [0.1, 0.15) is 34.3 Å². The molecule has 9 N–H and O–H groups in total. The summed E-state index contributed by atoms with van der Waals surface area (Å²) in [7, 11) is -1.78. The van der Waals surface area contributed by atoms with Crippen LogP contribution in [0.2, 0.25) is 0 Å². The third-order valence-corrected chi connectivity index (χ3v) is 8.70. The van der Waals surface area contributed by atoms with Gasteiger partial charge in [-0.25, -0.2) is 4.79 Å². The Hall–Kier alpha value is -4.81. The third-order valence-electron chi connectivity index (χ3n) is 8.31. The minimum atomic E-state index is -4.70. The largest absolute Gasteiger partial charge is 0.508 e. The molecule has 1 amide bonds. The number of rotatable bonds is 5. The number of para-hydroxylation sites is 1. The van der Waals surface area contributed by atoms with Crippen molar-refractivity contribution in [3.8, 4) is 11.5 Å². The number of ketones is 2. The van der Waals surface area contributed by atoms with Gasteiger partial charge in [0.1, 0.15) is 28.4 Å². The summed E-state index contributed by atoms with van der Waals surface area (Å²) in [6.45, 7) is 1.68. The molecule has 5 rings (SSSR count). The van der Waals surface area contributed by atoms with Crippen molar-refractivity contribution in [3.63, 3.8) is 0 Å². The standard InChI is InChI=1S/C22H24N2O8.C7H6O6S/c1-7-8-5-4-6-9(25)11(8)16(26)12-10(7)17(27)14-15(24(2)3)18(28)13(21(23)31)20(30)22(14,32)19(12)29;8-7(9)5-3-1-2-4-6(5)13-14(10,11)12/h4-7,10,14-15,17,25-27,30,32H,1-3H3,(H2,23,31);1-4H,(H,8,9)(H,10,11,12)/t7-,10+,14-,15-,17-,22-;/m0./s1. The minimum Gasteiger partial charge on any atom is -0.508 e. The maximum atomic E-state index is 13.7.